The van der Waals surface area contributed by atoms with E-state index in [1.54, 1.807) is 0 Å². The summed E-state index contributed by atoms with van der Waals surface area (Å²) >= 11 is 0. The highest BCUT2D eigenvalue weighted by Crippen LogP contribution is 2.39. The molecule has 0 aromatic heterocycles. The number of rotatable bonds is 4. The summed E-state index contributed by atoms with van der Waals surface area (Å²) in [6.07, 6.45) is 3.57. The quantitative estimate of drug-likeness (QED) is 0.897. The van der Waals surface area contributed by atoms with Crippen LogP contribution in [0.4, 0.5) is 0 Å². The van der Waals surface area contributed by atoms with Crippen LogP contribution in [0.5, 0.6) is 0 Å². The van der Waals surface area contributed by atoms with E-state index in [1.807, 2.05) is 6.07 Å². The summed E-state index contributed by atoms with van der Waals surface area (Å²) in [7, 11) is 0. The Morgan fingerprint density at radius 2 is 1.91 bits per heavy atom. The van der Waals surface area contributed by atoms with Crippen molar-refractivity contribution in [2.45, 2.75) is 45.7 Å². The standard InChI is InChI=1S/C19H28N2O/c1-13-8-14(2)18-16(9-13)10-17(19(22)21-18)12-20-11-15-6-4-3-5-7-15/h3-7,13-14,16-18,20H,8-12H2,1-2H3,(H,21,22). The lowest BCUT2D eigenvalue weighted by Gasteiger charge is -2.45. The largest absolute Gasteiger partial charge is 0.353 e. The first-order chi connectivity index (χ1) is 10.6. The van der Waals surface area contributed by atoms with Crippen molar-refractivity contribution in [1.82, 2.24) is 10.6 Å². The molecule has 2 fully saturated rings. The summed E-state index contributed by atoms with van der Waals surface area (Å²) in [5.41, 5.74) is 1.27. The smallest absolute Gasteiger partial charge is 0.224 e. The first-order valence-electron chi connectivity index (χ1n) is 8.68. The van der Waals surface area contributed by atoms with Crippen LogP contribution in [0.2, 0.25) is 0 Å². The van der Waals surface area contributed by atoms with Crippen molar-refractivity contribution in [2.24, 2.45) is 23.7 Å². The van der Waals surface area contributed by atoms with Crippen LogP contribution in [0.1, 0.15) is 38.7 Å². The SMILES string of the molecule is CC1CC(C)C2NC(=O)C(CNCc3ccccc3)CC2C1. The summed E-state index contributed by atoms with van der Waals surface area (Å²) in [6, 6.07) is 10.8. The predicted molar refractivity (Wildman–Crippen MR) is 89.2 cm³/mol. The van der Waals surface area contributed by atoms with E-state index in [-0.39, 0.29) is 11.8 Å². The zero-order chi connectivity index (χ0) is 15.5. The summed E-state index contributed by atoms with van der Waals surface area (Å²) in [5.74, 6) is 2.46. The first kappa shape index (κ1) is 15.5. The molecule has 2 N–H and O–H groups in total. The zero-order valence-corrected chi connectivity index (χ0v) is 13.7. The summed E-state index contributed by atoms with van der Waals surface area (Å²) in [6.45, 7) is 6.27. The molecule has 5 atom stereocenters. The van der Waals surface area contributed by atoms with Crippen LogP contribution in [0.15, 0.2) is 30.3 Å². The van der Waals surface area contributed by atoms with Crippen molar-refractivity contribution in [3.8, 4) is 0 Å². The molecule has 1 aromatic carbocycles. The molecule has 1 saturated heterocycles. The van der Waals surface area contributed by atoms with Crippen molar-refractivity contribution in [3.63, 3.8) is 0 Å². The fraction of sp³-hybridized carbons (Fsp3) is 0.632. The minimum Gasteiger partial charge on any atom is -0.353 e. The van der Waals surface area contributed by atoms with Gasteiger partial charge in [0, 0.05) is 19.1 Å². The lowest BCUT2D eigenvalue weighted by molar-refractivity contribution is -0.131. The maximum Gasteiger partial charge on any atom is 0.224 e. The van der Waals surface area contributed by atoms with Gasteiger partial charge in [-0.2, -0.15) is 0 Å². The third-order valence-electron chi connectivity index (χ3n) is 5.43. The molecular weight excluding hydrogens is 272 g/mol. The van der Waals surface area contributed by atoms with Crippen molar-refractivity contribution in [3.05, 3.63) is 35.9 Å². The number of piperidine rings is 1. The van der Waals surface area contributed by atoms with Gasteiger partial charge in [0.1, 0.15) is 0 Å². The van der Waals surface area contributed by atoms with Gasteiger partial charge in [0.25, 0.3) is 0 Å². The highest BCUT2D eigenvalue weighted by molar-refractivity contribution is 5.80. The molecule has 2 aliphatic rings. The molecule has 0 spiro atoms. The number of hydrogen-bond donors (Lipinski definition) is 2. The predicted octanol–water partition coefficient (Wildman–Crippen LogP) is 2.96. The van der Waals surface area contributed by atoms with Crippen LogP contribution in [0.3, 0.4) is 0 Å². The monoisotopic (exact) mass is 300 g/mol. The van der Waals surface area contributed by atoms with Gasteiger partial charge in [0.05, 0.1) is 5.92 Å². The van der Waals surface area contributed by atoms with E-state index >= 15 is 0 Å². The van der Waals surface area contributed by atoms with Gasteiger partial charge in [-0.3, -0.25) is 4.79 Å². The number of nitrogens with one attached hydrogen (secondary N) is 2. The molecule has 5 unspecified atom stereocenters. The molecule has 1 aliphatic carbocycles. The summed E-state index contributed by atoms with van der Waals surface area (Å²) < 4.78 is 0. The highest BCUT2D eigenvalue weighted by Gasteiger charge is 2.41. The minimum atomic E-state index is 0.127. The lowest BCUT2D eigenvalue weighted by Crippen LogP contribution is -2.56. The van der Waals surface area contributed by atoms with E-state index in [4.69, 9.17) is 0 Å². The number of fused-ring (bicyclic) bond motifs is 1. The van der Waals surface area contributed by atoms with Gasteiger partial charge < -0.3 is 10.6 Å². The summed E-state index contributed by atoms with van der Waals surface area (Å²) in [5, 5.41) is 6.77. The second-order valence-electron chi connectivity index (χ2n) is 7.40. The van der Waals surface area contributed by atoms with Gasteiger partial charge in [0.2, 0.25) is 5.91 Å². The Labute approximate surface area is 133 Å². The summed E-state index contributed by atoms with van der Waals surface area (Å²) in [4.78, 5) is 12.4. The van der Waals surface area contributed by atoms with E-state index in [0.717, 1.165) is 25.4 Å². The fourth-order valence-corrected chi connectivity index (χ4v) is 4.43. The maximum absolute atomic E-state index is 12.4. The lowest BCUT2D eigenvalue weighted by atomic mass is 9.68. The molecule has 22 heavy (non-hydrogen) atoms. The molecule has 120 valence electrons. The second-order valence-corrected chi connectivity index (χ2v) is 7.40. The molecule has 0 bridgehead atoms. The van der Waals surface area contributed by atoms with Crippen molar-refractivity contribution in [1.29, 1.82) is 0 Å². The van der Waals surface area contributed by atoms with Crippen LogP contribution in [0.25, 0.3) is 0 Å². The normalized spacial score (nSPS) is 34.8. The van der Waals surface area contributed by atoms with Gasteiger partial charge in [-0.1, -0.05) is 44.2 Å². The topological polar surface area (TPSA) is 41.1 Å². The third kappa shape index (κ3) is 3.52. The molecule has 1 amide bonds. The average molecular weight is 300 g/mol. The Hall–Kier alpha value is -1.35. The first-order valence-corrected chi connectivity index (χ1v) is 8.68. The highest BCUT2D eigenvalue weighted by atomic mass is 16.2. The molecule has 1 saturated carbocycles. The molecule has 3 heteroatoms. The zero-order valence-electron chi connectivity index (χ0n) is 13.7. The molecule has 1 aliphatic heterocycles. The van der Waals surface area contributed by atoms with Crippen molar-refractivity contribution in [2.75, 3.05) is 6.54 Å². The van der Waals surface area contributed by atoms with Crippen LogP contribution in [-0.4, -0.2) is 18.5 Å². The molecule has 1 heterocycles. The van der Waals surface area contributed by atoms with Gasteiger partial charge >= 0.3 is 0 Å². The number of carbonyl (C=O) groups excluding carboxylic acids is 1. The van der Waals surface area contributed by atoms with E-state index in [2.05, 4.69) is 48.7 Å². The Balaban J connectivity index is 1.53. The number of hydrogen-bond acceptors (Lipinski definition) is 2. The van der Waals surface area contributed by atoms with Crippen molar-refractivity contribution >= 4 is 5.91 Å². The van der Waals surface area contributed by atoms with Gasteiger partial charge in [-0.25, -0.2) is 0 Å². The molecular formula is C19H28N2O. The van der Waals surface area contributed by atoms with Crippen LogP contribution < -0.4 is 10.6 Å². The minimum absolute atomic E-state index is 0.127. The van der Waals surface area contributed by atoms with Crippen LogP contribution in [0, 0.1) is 23.7 Å². The van der Waals surface area contributed by atoms with E-state index in [9.17, 15) is 4.79 Å². The molecule has 0 radical (unpaired) electrons. The van der Waals surface area contributed by atoms with E-state index < -0.39 is 0 Å². The van der Waals surface area contributed by atoms with Gasteiger partial charge in [-0.15, -0.1) is 0 Å². The van der Waals surface area contributed by atoms with Gasteiger partial charge in [0.15, 0.2) is 0 Å². The van der Waals surface area contributed by atoms with Gasteiger partial charge in [-0.05, 0) is 42.6 Å². The number of amides is 1. The number of benzene rings is 1. The molecule has 3 rings (SSSR count). The Bertz CT molecular complexity index is 501. The van der Waals surface area contributed by atoms with E-state index in [0.29, 0.717) is 17.9 Å². The van der Waals surface area contributed by atoms with Crippen LogP contribution in [-0.2, 0) is 11.3 Å². The average Bonchev–Trinajstić information content (AvgIpc) is 2.50. The van der Waals surface area contributed by atoms with E-state index in [1.165, 1.54) is 18.4 Å². The van der Waals surface area contributed by atoms with Crippen LogP contribution >= 0.6 is 0 Å². The third-order valence-corrected chi connectivity index (χ3v) is 5.43. The van der Waals surface area contributed by atoms with Crippen molar-refractivity contribution < 1.29 is 4.79 Å². The Kier molecular flexibility index (Phi) is 4.82. The second kappa shape index (κ2) is 6.82. The maximum atomic E-state index is 12.4. The molecule has 1 aromatic rings. The Morgan fingerprint density at radius 3 is 2.68 bits per heavy atom. The molecule has 3 nitrogen and oxygen atoms in total. The number of carbonyl (C=O) groups is 1. The fourth-order valence-electron chi connectivity index (χ4n) is 4.43. The Morgan fingerprint density at radius 1 is 1.14 bits per heavy atom.